The second-order valence-electron chi connectivity index (χ2n) is 8.32. The van der Waals surface area contributed by atoms with Crippen LogP contribution < -0.4 is 4.74 Å². The minimum absolute atomic E-state index is 0.149. The summed E-state index contributed by atoms with van der Waals surface area (Å²) >= 11 is 0. The highest BCUT2D eigenvalue weighted by Gasteiger charge is 2.26. The summed E-state index contributed by atoms with van der Waals surface area (Å²) in [7, 11) is 1.64. The van der Waals surface area contributed by atoms with Gasteiger partial charge in [0.15, 0.2) is 5.82 Å². The molecule has 3 heterocycles. The second-order valence-corrected chi connectivity index (χ2v) is 8.32. The van der Waals surface area contributed by atoms with Crippen LogP contribution in [0.5, 0.6) is 5.75 Å². The number of amides is 1. The van der Waals surface area contributed by atoms with E-state index >= 15 is 0 Å². The van der Waals surface area contributed by atoms with Crippen LogP contribution in [0.3, 0.4) is 0 Å². The molecule has 0 N–H and O–H groups in total. The van der Waals surface area contributed by atoms with Crippen LogP contribution >= 0.6 is 0 Å². The maximum Gasteiger partial charge on any atom is 0.227 e. The molecule has 0 aliphatic carbocycles. The lowest BCUT2D eigenvalue weighted by atomic mass is 9.94. The van der Waals surface area contributed by atoms with Gasteiger partial charge in [0.1, 0.15) is 11.6 Å². The average Bonchev–Trinajstić information content (AvgIpc) is 3.30. The molecule has 0 radical (unpaired) electrons. The predicted molar refractivity (Wildman–Crippen MR) is 118 cm³/mol. The summed E-state index contributed by atoms with van der Waals surface area (Å²) in [4.78, 5) is 28.7. The van der Waals surface area contributed by atoms with Crippen LogP contribution in [0.2, 0.25) is 0 Å². The van der Waals surface area contributed by atoms with Crippen molar-refractivity contribution in [3.63, 3.8) is 0 Å². The fourth-order valence-electron chi connectivity index (χ4n) is 4.09. The number of carbonyl (C=O) groups is 1. The monoisotopic (exact) mass is 419 g/mol. The molecule has 1 aliphatic heterocycles. The van der Waals surface area contributed by atoms with Gasteiger partial charge in [0.2, 0.25) is 5.91 Å². The van der Waals surface area contributed by atoms with Gasteiger partial charge in [-0.1, -0.05) is 26.0 Å². The lowest BCUT2D eigenvalue weighted by Crippen LogP contribution is -2.40. The Labute approximate surface area is 183 Å². The number of nitrogens with zero attached hydrogens (tertiary/aromatic N) is 5. The smallest absolute Gasteiger partial charge is 0.227 e. The van der Waals surface area contributed by atoms with Gasteiger partial charge in [-0.05, 0) is 30.5 Å². The van der Waals surface area contributed by atoms with E-state index in [1.54, 1.807) is 19.5 Å². The largest absolute Gasteiger partial charge is 0.497 e. The average molecular weight is 420 g/mol. The van der Waals surface area contributed by atoms with Gasteiger partial charge in [-0.2, -0.15) is 0 Å². The van der Waals surface area contributed by atoms with Crippen LogP contribution in [0.1, 0.15) is 55.6 Å². The standard InChI is InChI=1S/C24H29N5O2/c1-17(2)24-26-10-12-29(24)22-15-25-14-21(27-22)19-5-4-11-28(16-19)23(30)13-18-6-8-20(31-3)9-7-18/h6-10,12,14-15,17,19H,4-5,11,13,16H2,1-3H3/t19-/m1/s1. The number of hydrogen-bond acceptors (Lipinski definition) is 5. The van der Waals surface area contributed by atoms with Crippen molar-refractivity contribution in [2.75, 3.05) is 20.2 Å². The topological polar surface area (TPSA) is 73.1 Å². The third-order valence-corrected chi connectivity index (χ3v) is 5.78. The summed E-state index contributed by atoms with van der Waals surface area (Å²) < 4.78 is 7.19. The van der Waals surface area contributed by atoms with Crippen molar-refractivity contribution >= 4 is 5.91 Å². The van der Waals surface area contributed by atoms with Crippen LogP contribution in [0.4, 0.5) is 0 Å². The van der Waals surface area contributed by atoms with E-state index in [9.17, 15) is 4.79 Å². The van der Waals surface area contributed by atoms with Gasteiger partial charge in [-0.25, -0.2) is 9.97 Å². The summed E-state index contributed by atoms with van der Waals surface area (Å²) in [6.07, 6.45) is 9.69. The van der Waals surface area contributed by atoms with Gasteiger partial charge in [0.25, 0.3) is 0 Å². The highest BCUT2D eigenvalue weighted by atomic mass is 16.5. The third-order valence-electron chi connectivity index (χ3n) is 5.78. The summed E-state index contributed by atoms with van der Waals surface area (Å²) in [5.41, 5.74) is 1.93. The minimum atomic E-state index is 0.149. The van der Waals surface area contributed by atoms with E-state index in [-0.39, 0.29) is 11.8 Å². The van der Waals surface area contributed by atoms with Crippen molar-refractivity contribution in [2.45, 2.75) is 44.9 Å². The summed E-state index contributed by atoms with van der Waals surface area (Å²) in [6.45, 7) is 5.69. The van der Waals surface area contributed by atoms with E-state index in [2.05, 4.69) is 23.8 Å². The number of imidazole rings is 1. The van der Waals surface area contributed by atoms with Gasteiger partial charge in [-0.15, -0.1) is 0 Å². The van der Waals surface area contributed by atoms with E-state index in [0.717, 1.165) is 48.0 Å². The molecule has 1 aliphatic rings. The van der Waals surface area contributed by atoms with Gasteiger partial charge in [0.05, 0.1) is 25.4 Å². The van der Waals surface area contributed by atoms with Crippen molar-refractivity contribution in [3.05, 3.63) is 66.1 Å². The fraction of sp³-hybridized carbons (Fsp3) is 0.417. The van der Waals surface area contributed by atoms with Crippen LogP contribution in [0.15, 0.2) is 49.1 Å². The molecular formula is C24H29N5O2. The Kier molecular flexibility index (Phi) is 6.30. The number of rotatable bonds is 6. The van der Waals surface area contributed by atoms with Gasteiger partial charge >= 0.3 is 0 Å². The van der Waals surface area contributed by atoms with Crippen molar-refractivity contribution in [1.82, 2.24) is 24.4 Å². The molecule has 0 unspecified atom stereocenters. The zero-order chi connectivity index (χ0) is 21.8. The number of ether oxygens (including phenoxy) is 1. The van der Waals surface area contributed by atoms with E-state index in [0.29, 0.717) is 18.9 Å². The van der Waals surface area contributed by atoms with Crippen molar-refractivity contribution in [3.8, 4) is 11.6 Å². The number of methoxy groups -OCH3 is 1. The third kappa shape index (κ3) is 4.76. The number of benzene rings is 1. The van der Waals surface area contributed by atoms with Gasteiger partial charge in [0, 0.05) is 43.5 Å². The van der Waals surface area contributed by atoms with Crippen molar-refractivity contribution < 1.29 is 9.53 Å². The first-order valence-electron chi connectivity index (χ1n) is 10.8. The molecule has 7 heteroatoms. The number of piperidine rings is 1. The lowest BCUT2D eigenvalue weighted by molar-refractivity contribution is -0.131. The van der Waals surface area contributed by atoms with E-state index in [4.69, 9.17) is 9.72 Å². The molecule has 1 atom stereocenters. The highest BCUT2D eigenvalue weighted by molar-refractivity contribution is 5.79. The first-order valence-corrected chi connectivity index (χ1v) is 10.8. The van der Waals surface area contributed by atoms with E-state index < -0.39 is 0 Å². The first-order chi connectivity index (χ1) is 15.0. The molecule has 2 aromatic heterocycles. The second kappa shape index (κ2) is 9.29. The van der Waals surface area contributed by atoms with E-state index in [1.165, 1.54) is 0 Å². The van der Waals surface area contributed by atoms with Crippen LogP contribution in [0.25, 0.3) is 5.82 Å². The molecule has 1 amide bonds. The SMILES string of the molecule is COc1ccc(CC(=O)N2CCC[C@@H](c3cncc(-n4ccnc4C(C)C)n3)C2)cc1. The molecule has 1 saturated heterocycles. The Hall–Kier alpha value is -3.22. The summed E-state index contributed by atoms with van der Waals surface area (Å²) in [6, 6.07) is 7.68. The number of likely N-dealkylation sites (tertiary alicyclic amines) is 1. The number of hydrogen-bond donors (Lipinski definition) is 0. The quantitative estimate of drug-likeness (QED) is 0.609. The molecule has 0 saturated carbocycles. The lowest BCUT2D eigenvalue weighted by Gasteiger charge is -2.32. The van der Waals surface area contributed by atoms with E-state index in [1.807, 2.05) is 46.1 Å². The van der Waals surface area contributed by atoms with Crippen LogP contribution in [-0.4, -0.2) is 50.5 Å². The Morgan fingerprint density at radius 3 is 2.77 bits per heavy atom. The molecule has 1 aromatic carbocycles. The maximum atomic E-state index is 12.9. The molecule has 31 heavy (non-hydrogen) atoms. The van der Waals surface area contributed by atoms with Crippen molar-refractivity contribution in [1.29, 1.82) is 0 Å². The zero-order valence-electron chi connectivity index (χ0n) is 18.4. The number of carbonyl (C=O) groups excluding carboxylic acids is 1. The Morgan fingerprint density at radius 2 is 2.03 bits per heavy atom. The first kappa shape index (κ1) is 21.0. The van der Waals surface area contributed by atoms with Gasteiger partial charge < -0.3 is 9.64 Å². The Balaban J connectivity index is 1.47. The Bertz CT molecular complexity index is 1030. The molecule has 7 nitrogen and oxygen atoms in total. The summed E-state index contributed by atoms with van der Waals surface area (Å²) in [5, 5.41) is 0. The molecule has 0 bridgehead atoms. The predicted octanol–water partition coefficient (Wildman–Crippen LogP) is 3.74. The van der Waals surface area contributed by atoms with Gasteiger partial charge in [-0.3, -0.25) is 14.3 Å². The minimum Gasteiger partial charge on any atom is -0.497 e. The molecule has 3 aromatic rings. The highest BCUT2D eigenvalue weighted by Crippen LogP contribution is 2.27. The Morgan fingerprint density at radius 1 is 1.23 bits per heavy atom. The summed E-state index contributed by atoms with van der Waals surface area (Å²) in [5.74, 6) is 3.17. The number of aromatic nitrogens is 4. The maximum absolute atomic E-state index is 12.9. The van der Waals surface area contributed by atoms with Crippen LogP contribution in [-0.2, 0) is 11.2 Å². The molecule has 0 spiro atoms. The van der Waals surface area contributed by atoms with Crippen LogP contribution in [0, 0.1) is 0 Å². The zero-order valence-corrected chi connectivity index (χ0v) is 18.4. The van der Waals surface area contributed by atoms with Crippen molar-refractivity contribution in [2.24, 2.45) is 0 Å². The molecule has 162 valence electrons. The molecular weight excluding hydrogens is 390 g/mol. The molecule has 4 rings (SSSR count). The normalized spacial score (nSPS) is 16.5. The molecule has 1 fully saturated rings. The fourth-order valence-corrected chi connectivity index (χ4v) is 4.09.